The van der Waals surface area contributed by atoms with Crippen LogP contribution in [0, 0.1) is 6.92 Å². The first-order valence-corrected chi connectivity index (χ1v) is 8.76. The van der Waals surface area contributed by atoms with Gasteiger partial charge in [0.25, 0.3) is 10.0 Å². The lowest BCUT2D eigenvalue weighted by atomic mass is 10.0. The Morgan fingerprint density at radius 2 is 1.77 bits per heavy atom. The third-order valence-electron chi connectivity index (χ3n) is 3.80. The van der Waals surface area contributed by atoms with E-state index in [2.05, 4.69) is 9.71 Å². The minimum absolute atomic E-state index is 0.0653. The van der Waals surface area contributed by atoms with E-state index in [1.54, 1.807) is 18.2 Å². The van der Waals surface area contributed by atoms with E-state index >= 15 is 0 Å². The SMILES string of the molecule is CCC(N=C1NS(=O)(=O)c2ccccc21)c1ccc(C)cc1. The molecule has 0 spiro atoms. The van der Waals surface area contributed by atoms with Crippen molar-refractivity contribution < 1.29 is 8.42 Å². The normalized spacial score (nSPS) is 18.7. The number of aryl methyl sites for hydroxylation is 1. The minimum Gasteiger partial charge on any atom is -0.263 e. The van der Waals surface area contributed by atoms with Gasteiger partial charge < -0.3 is 0 Å². The van der Waals surface area contributed by atoms with Gasteiger partial charge in [0.15, 0.2) is 0 Å². The molecule has 4 nitrogen and oxygen atoms in total. The quantitative estimate of drug-likeness (QED) is 0.946. The van der Waals surface area contributed by atoms with Gasteiger partial charge in [-0.25, -0.2) is 8.42 Å². The topological polar surface area (TPSA) is 58.5 Å². The number of amidine groups is 1. The second kappa shape index (κ2) is 5.57. The van der Waals surface area contributed by atoms with Crippen molar-refractivity contribution in [3.05, 3.63) is 65.2 Å². The maximum absolute atomic E-state index is 12.1. The van der Waals surface area contributed by atoms with Crippen LogP contribution in [0.25, 0.3) is 0 Å². The summed E-state index contributed by atoms with van der Waals surface area (Å²) in [7, 11) is -3.48. The number of benzene rings is 2. The summed E-state index contributed by atoms with van der Waals surface area (Å²) in [6, 6.07) is 15.1. The molecule has 0 aliphatic carbocycles. The Bertz CT molecular complexity index is 824. The van der Waals surface area contributed by atoms with E-state index in [0.29, 0.717) is 16.3 Å². The number of fused-ring (bicyclic) bond motifs is 1. The molecule has 1 atom stereocenters. The molecule has 5 heteroatoms. The van der Waals surface area contributed by atoms with Crippen LogP contribution in [0.1, 0.15) is 36.1 Å². The van der Waals surface area contributed by atoms with Crippen molar-refractivity contribution in [3.63, 3.8) is 0 Å². The number of aliphatic imine (C=N–C) groups is 1. The maximum atomic E-state index is 12.1. The average molecular weight is 314 g/mol. The second-order valence-electron chi connectivity index (χ2n) is 5.41. The fourth-order valence-corrected chi connectivity index (χ4v) is 3.81. The molecule has 1 aliphatic rings. The Morgan fingerprint density at radius 3 is 2.45 bits per heavy atom. The summed E-state index contributed by atoms with van der Waals surface area (Å²) in [4.78, 5) is 4.96. The molecule has 1 heterocycles. The van der Waals surface area contributed by atoms with Gasteiger partial charge in [-0.2, -0.15) is 0 Å². The van der Waals surface area contributed by atoms with Gasteiger partial charge in [0.2, 0.25) is 0 Å². The van der Waals surface area contributed by atoms with Crippen LogP contribution in [-0.4, -0.2) is 14.3 Å². The molecule has 0 radical (unpaired) electrons. The first-order valence-electron chi connectivity index (χ1n) is 7.28. The summed E-state index contributed by atoms with van der Waals surface area (Å²) < 4.78 is 26.8. The van der Waals surface area contributed by atoms with Gasteiger partial charge in [-0.1, -0.05) is 48.9 Å². The Balaban J connectivity index is 2.03. The summed E-state index contributed by atoms with van der Waals surface area (Å²) in [5, 5.41) is 0. The van der Waals surface area contributed by atoms with E-state index in [0.717, 1.165) is 12.0 Å². The van der Waals surface area contributed by atoms with Gasteiger partial charge in [0, 0.05) is 5.56 Å². The average Bonchev–Trinajstić information content (AvgIpc) is 2.77. The fourth-order valence-electron chi connectivity index (χ4n) is 2.58. The van der Waals surface area contributed by atoms with Crippen molar-refractivity contribution in [3.8, 4) is 0 Å². The zero-order chi connectivity index (χ0) is 15.7. The number of nitrogens with zero attached hydrogens (tertiary/aromatic N) is 1. The van der Waals surface area contributed by atoms with Crippen LogP contribution in [0.4, 0.5) is 0 Å². The summed E-state index contributed by atoms with van der Waals surface area (Å²) in [5.74, 6) is 0.433. The summed E-state index contributed by atoms with van der Waals surface area (Å²) >= 11 is 0. The minimum atomic E-state index is -3.48. The van der Waals surface area contributed by atoms with Crippen LogP contribution in [0.2, 0.25) is 0 Å². The molecule has 0 saturated heterocycles. The van der Waals surface area contributed by atoms with Gasteiger partial charge in [-0.15, -0.1) is 0 Å². The molecule has 114 valence electrons. The van der Waals surface area contributed by atoms with Crippen LogP contribution < -0.4 is 4.72 Å². The molecule has 22 heavy (non-hydrogen) atoms. The maximum Gasteiger partial charge on any atom is 0.263 e. The molecule has 2 aromatic rings. The van der Waals surface area contributed by atoms with Gasteiger partial charge >= 0.3 is 0 Å². The molecular weight excluding hydrogens is 296 g/mol. The smallest absolute Gasteiger partial charge is 0.263 e. The largest absolute Gasteiger partial charge is 0.263 e. The van der Waals surface area contributed by atoms with Crippen molar-refractivity contribution >= 4 is 15.9 Å². The number of hydrogen-bond donors (Lipinski definition) is 1. The molecule has 1 N–H and O–H groups in total. The van der Waals surface area contributed by atoms with Crippen LogP contribution in [-0.2, 0) is 10.0 Å². The van der Waals surface area contributed by atoms with E-state index < -0.39 is 10.0 Å². The van der Waals surface area contributed by atoms with Crippen molar-refractivity contribution in [2.24, 2.45) is 4.99 Å². The van der Waals surface area contributed by atoms with Crippen LogP contribution in [0.5, 0.6) is 0 Å². The Labute approximate surface area is 131 Å². The third kappa shape index (κ3) is 2.64. The van der Waals surface area contributed by atoms with E-state index in [1.165, 1.54) is 5.56 Å². The predicted octanol–water partition coefficient (Wildman–Crippen LogP) is 3.18. The van der Waals surface area contributed by atoms with Gasteiger partial charge in [0.05, 0.1) is 10.9 Å². The molecule has 0 aromatic heterocycles. The number of nitrogens with one attached hydrogen (secondary N) is 1. The van der Waals surface area contributed by atoms with E-state index in [-0.39, 0.29) is 6.04 Å². The van der Waals surface area contributed by atoms with E-state index in [9.17, 15) is 8.42 Å². The van der Waals surface area contributed by atoms with Crippen molar-refractivity contribution in [2.75, 3.05) is 0 Å². The monoisotopic (exact) mass is 314 g/mol. The lowest BCUT2D eigenvalue weighted by molar-refractivity contribution is 0.594. The van der Waals surface area contributed by atoms with Crippen LogP contribution >= 0.6 is 0 Å². The summed E-state index contributed by atoms with van der Waals surface area (Å²) in [6.45, 7) is 4.09. The Kier molecular flexibility index (Phi) is 3.74. The van der Waals surface area contributed by atoms with Crippen LogP contribution in [0.3, 0.4) is 0 Å². The van der Waals surface area contributed by atoms with Crippen molar-refractivity contribution in [2.45, 2.75) is 31.2 Å². The highest BCUT2D eigenvalue weighted by molar-refractivity contribution is 7.90. The molecule has 0 fully saturated rings. The highest BCUT2D eigenvalue weighted by Crippen LogP contribution is 2.27. The molecule has 0 bridgehead atoms. The molecule has 0 saturated carbocycles. The van der Waals surface area contributed by atoms with E-state index in [4.69, 9.17) is 0 Å². The zero-order valence-corrected chi connectivity index (χ0v) is 13.4. The fraction of sp³-hybridized carbons (Fsp3) is 0.235. The molecule has 1 aliphatic heterocycles. The highest BCUT2D eigenvalue weighted by atomic mass is 32.2. The number of rotatable bonds is 3. The molecule has 1 unspecified atom stereocenters. The second-order valence-corrected chi connectivity index (χ2v) is 7.06. The molecule has 3 rings (SSSR count). The van der Waals surface area contributed by atoms with Crippen LogP contribution in [0.15, 0.2) is 58.4 Å². The summed E-state index contributed by atoms with van der Waals surface area (Å²) in [6.07, 6.45) is 0.802. The standard InChI is InChI=1S/C17H18N2O2S/c1-3-15(13-10-8-12(2)9-11-13)18-17-14-6-4-5-7-16(14)22(20,21)19-17/h4-11,15H,3H2,1-2H3,(H,18,19). The number of sulfonamides is 1. The Hall–Kier alpha value is -2.14. The first-order chi connectivity index (χ1) is 10.5. The molecule has 2 aromatic carbocycles. The van der Waals surface area contributed by atoms with E-state index in [1.807, 2.05) is 44.2 Å². The first kappa shape index (κ1) is 14.8. The molecular formula is C17H18N2O2S. The zero-order valence-electron chi connectivity index (χ0n) is 12.6. The predicted molar refractivity (Wildman–Crippen MR) is 87.5 cm³/mol. The highest BCUT2D eigenvalue weighted by Gasteiger charge is 2.30. The van der Waals surface area contributed by atoms with Crippen molar-refractivity contribution in [1.29, 1.82) is 0 Å². The molecule has 0 amide bonds. The summed E-state index contributed by atoms with van der Waals surface area (Å²) in [5.41, 5.74) is 2.93. The van der Waals surface area contributed by atoms with Gasteiger partial charge in [-0.05, 0) is 31.0 Å². The number of hydrogen-bond acceptors (Lipinski definition) is 3. The third-order valence-corrected chi connectivity index (χ3v) is 5.19. The Morgan fingerprint density at radius 1 is 1.09 bits per heavy atom. The van der Waals surface area contributed by atoms with Crippen molar-refractivity contribution in [1.82, 2.24) is 4.72 Å². The van der Waals surface area contributed by atoms with Gasteiger partial charge in [-0.3, -0.25) is 9.71 Å². The lowest BCUT2D eigenvalue weighted by Gasteiger charge is -2.12. The lowest BCUT2D eigenvalue weighted by Crippen LogP contribution is -2.22. The van der Waals surface area contributed by atoms with Gasteiger partial charge in [0.1, 0.15) is 5.84 Å².